The maximum Gasteiger partial charge on any atom is 0.272 e. The second kappa shape index (κ2) is 14.3. The van der Waals surface area contributed by atoms with Gasteiger partial charge < -0.3 is 34.9 Å². The van der Waals surface area contributed by atoms with E-state index >= 15 is 0 Å². The fourth-order valence-corrected chi connectivity index (χ4v) is 3.32. The molecular weight excluding hydrogens is 482 g/mol. The van der Waals surface area contributed by atoms with Crippen LogP contribution in [-0.4, -0.2) is 71.2 Å². The molecule has 37 heavy (non-hydrogen) atoms. The molecule has 200 valence electrons. The minimum atomic E-state index is -0.642. The van der Waals surface area contributed by atoms with Crippen LogP contribution in [0.4, 0.5) is 11.4 Å². The van der Waals surface area contributed by atoms with Crippen LogP contribution < -0.4 is 31.5 Å². The van der Waals surface area contributed by atoms with E-state index in [0.717, 1.165) is 0 Å². The quantitative estimate of drug-likeness (QED) is 0.150. The molecule has 0 aromatic heterocycles. The Morgan fingerprint density at radius 3 is 2.16 bits per heavy atom. The van der Waals surface area contributed by atoms with Crippen LogP contribution in [0.5, 0.6) is 5.75 Å². The summed E-state index contributed by atoms with van der Waals surface area (Å²) in [6, 6.07) is 6.48. The fourth-order valence-electron chi connectivity index (χ4n) is 3.32. The lowest BCUT2D eigenvalue weighted by molar-refractivity contribution is -0.126. The van der Waals surface area contributed by atoms with E-state index in [9.17, 15) is 19.2 Å². The van der Waals surface area contributed by atoms with Gasteiger partial charge >= 0.3 is 0 Å². The molecule has 3 rings (SSSR count). The normalized spacial score (nSPS) is 14.2. The number of amides is 2. The van der Waals surface area contributed by atoms with Gasteiger partial charge in [-0.15, -0.1) is 0 Å². The number of carbonyl (C=O) groups is 2. The monoisotopic (exact) mass is 515 g/mol. The van der Waals surface area contributed by atoms with Gasteiger partial charge in [0.2, 0.25) is 5.91 Å². The molecule has 0 radical (unpaired) electrons. The largest absolute Gasteiger partial charge is 0.488 e. The molecule has 11 heteroatoms. The highest BCUT2D eigenvalue weighted by atomic mass is 16.5. The number of anilines is 2. The molecule has 1 atom stereocenters. The standard InChI is InChI=1S/C26H33N3O8/c1-3-37-25-22(23(31)24(25)32)29-20-6-4-18(5-7-20)26(33)28-9-11-35-13-12-34-10-8-27-21(30)16-36-15-19-14-17(19)2/h4-7,14,19,29H,3,8-13,15-16H2,1-2H3,(H,27,30)(H,28,33). The molecule has 2 aromatic rings. The lowest BCUT2D eigenvalue weighted by Crippen LogP contribution is -2.35. The number of rotatable bonds is 18. The van der Waals surface area contributed by atoms with Gasteiger partial charge in [0, 0.05) is 30.3 Å². The van der Waals surface area contributed by atoms with Crippen molar-refractivity contribution < 1.29 is 28.5 Å². The van der Waals surface area contributed by atoms with Crippen molar-refractivity contribution in [2.45, 2.75) is 13.8 Å². The van der Waals surface area contributed by atoms with Gasteiger partial charge in [-0.2, -0.15) is 0 Å². The number of hydrogen-bond donors (Lipinski definition) is 3. The third-order valence-electron chi connectivity index (χ3n) is 5.51. The van der Waals surface area contributed by atoms with E-state index in [4.69, 9.17) is 18.9 Å². The summed E-state index contributed by atoms with van der Waals surface area (Å²) in [4.78, 5) is 47.1. The first-order chi connectivity index (χ1) is 17.9. The van der Waals surface area contributed by atoms with Gasteiger partial charge in [0.05, 0.1) is 39.6 Å². The number of carbonyl (C=O) groups excluding carboxylic acids is 2. The summed E-state index contributed by atoms with van der Waals surface area (Å²) < 4.78 is 21.3. The van der Waals surface area contributed by atoms with E-state index in [1.54, 1.807) is 31.2 Å². The van der Waals surface area contributed by atoms with Crippen molar-refractivity contribution in [3.8, 4) is 5.75 Å². The van der Waals surface area contributed by atoms with Crippen molar-refractivity contribution in [1.82, 2.24) is 10.6 Å². The summed E-state index contributed by atoms with van der Waals surface area (Å²) in [6.45, 7) is 6.79. The van der Waals surface area contributed by atoms with Gasteiger partial charge in [0.15, 0.2) is 5.75 Å². The molecule has 1 aliphatic rings. The van der Waals surface area contributed by atoms with E-state index in [-0.39, 0.29) is 36.5 Å². The summed E-state index contributed by atoms with van der Waals surface area (Å²) in [5.41, 5.74) is 1.16. The molecule has 2 amide bonds. The van der Waals surface area contributed by atoms with Crippen LogP contribution in [0.3, 0.4) is 0 Å². The fraction of sp³-hybridized carbons (Fsp3) is 0.462. The van der Waals surface area contributed by atoms with Gasteiger partial charge in [-0.25, -0.2) is 0 Å². The predicted octanol–water partition coefficient (Wildman–Crippen LogP) is 0.897. The van der Waals surface area contributed by atoms with Gasteiger partial charge in [-0.1, -0.05) is 11.6 Å². The molecule has 0 heterocycles. The highest BCUT2D eigenvalue weighted by Crippen LogP contribution is 2.27. The van der Waals surface area contributed by atoms with Crippen LogP contribution >= 0.6 is 0 Å². The molecular formula is C26H33N3O8. The van der Waals surface area contributed by atoms with Crippen molar-refractivity contribution in [3.05, 3.63) is 61.9 Å². The first kappa shape index (κ1) is 28.0. The summed E-state index contributed by atoms with van der Waals surface area (Å²) in [6.07, 6.45) is 2.10. The van der Waals surface area contributed by atoms with E-state index < -0.39 is 10.9 Å². The average molecular weight is 516 g/mol. The molecule has 0 saturated heterocycles. The second-order valence-corrected chi connectivity index (χ2v) is 8.36. The second-order valence-electron chi connectivity index (χ2n) is 8.36. The number of benzene rings is 1. The van der Waals surface area contributed by atoms with E-state index in [1.165, 1.54) is 5.57 Å². The molecule has 0 saturated carbocycles. The Kier molecular flexibility index (Phi) is 10.8. The Morgan fingerprint density at radius 2 is 1.54 bits per heavy atom. The molecule has 3 N–H and O–H groups in total. The first-order valence-electron chi connectivity index (χ1n) is 12.2. The minimum Gasteiger partial charge on any atom is -0.488 e. The predicted molar refractivity (Wildman–Crippen MR) is 137 cm³/mol. The van der Waals surface area contributed by atoms with E-state index in [0.29, 0.717) is 63.3 Å². The van der Waals surface area contributed by atoms with Crippen molar-refractivity contribution >= 4 is 23.2 Å². The van der Waals surface area contributed by atoms with Crippen molar-refractivity contribution in [1.29, 1.82) is 0 Å². The molecule has 11 nitrogen and oxygen atoms in total. The van der Waals surface area contributed by atoms with Crippen molar-refractivity contribution in [2.75, 3.05) is 64.7 Å². The summed E-state index contributed by atoms with van der Waals surface area (Å²) in [5.74, 6) is -0.00643. The Hall–Kier alpha value is -3.54. The highest BCUT2D eigenvalue weighted by molar-refractivity contribution is 5.94. The van der Waals surface area contributed by atoms with Crippen LogP contribution in [-0.2, 0) is 19.0 Å². The van der Waals surface area contributed by atoms with E-state index in [2.05, 4.69) is 22.0 Å². The number of nitrogens with one attached hydrogen (secondary N) is 3. The lowest BCUT2D eigenvalue weighted by atomic mass is 10.1. The highest BCUT2D eigenvalue weighted by Gasteiger charge is 2.22. The van der Waals surface area contributed by atoms with Crippen molar-refractivity contribution in [2.24, 2.45) is 5.92 Å². The third kappa shape index (κ3) is 8.81. The van der Waals surface area contributed by atoms with Crippen LogP contribution in [0.15, 0.2) is 45.5 Å². The molecule has 1 unspecified atom stereocenters. The molecule has 2 aromatic carbocycles. The number of hydrogen-bond acceptors (Lipinski definition) is 9. The van der Waals surface area contributed by atoms with Crippen LogP contribution in [0.1, 0.15) is 24.2 Å². The zero-order valence-electron chi connectivity index (χ0n) is 21.1. The molecule has 0 spiro atoms. The molecule has 0 bridgehead atoms. The summed E-state index contributed by atoms with van der Waals surface area (Å²) >= 11 is 0. The smallest absolute Gasteiger partial charge is 0.272 e. The summed E-state index contributed by atoms with van der Waals surface area (Å²) in [5, 5.41) is 8.34. The molecule has 1 aliphatic carbocycles. The number of ether oxygens (including phenoxy) is 4. The summed E-state index contributed by atoms with van der Waals surface area (Å²) in [7, 11) is 0. The zero-order valence-corrected chi connectivity index (χ0v) is 21.1. The molecule has 0 fully saturated rings. The van der Waals surface area contributed by atoms with E-state index in [1.807, 2.05) is 6.92 Å². The Morgan fingerprint density at radius 1 is 0.892 bits per heavy atom. The minimum absolute atomic E-state index is 0.0316. The first-order valence-corrected chi connectivity index (χ1v) is 12.2. The van der Waals surface area contributed by atoms with Gasteiger partial charge in [-0.3, -0.25) is 19.2 Å². The lowest BCUT2D eigenvalue weighted by Gasteiger charge is -2.13. The topological polar surface area (TPSA) is 141 Å². The Bertz CT molecular complexity index is 1150. The SMILES string of the molecule is CCOc1c(Nc2ccc(C(=O)NCCOCCOCCNC(=O)COCC3C=C3C)cc2)c(=O)c1=O. The Labute approximate surface area is 214 Å². The van der Waals surface area contributed by atoms with Crippen molar-refractivity contribution in [3.63, 3.8) is 0 Å². The zero-order chi connectivity index (χ0) is 26.6. The average Bonchev–Trinajstić information content (AvgIpc) is 3.61. The Balaban J connectivity index is 1.19. The van der Waals surface area contributed by atoms with Crippen LogP contribution in [0.2, 0.25) is 0 Å². The van der Waals surface area contributed by atoms with Crippen LogP contribution in [0, 0.1) is 5.92 Å². The third-order valence-corrected chi connectivity index (χ3v) is 5.51. The van der Waals surface area contributed by atoms with Gasteiger partial charge in [0.25, 0.3) is 16.8 Å². The molecule has 0 aliphatic heterocycles. The maximum atomic E-state index is 12.3. The maximum absolute atomic E-state index is 12.3. The van der Waals surface area contributed by atoms with Gasteiger partial charge in [-0.05, 0) is 38.1 Å². The van der Waals surface area contributed by atoms with Crippen LogP contribution in [0.25, 0.3) is 0 Å². The van der Waals surface area contributed by atoms with Gasteiger partial charge in [0.1, 0.15) is 12.3 Å².